The van der Waals surface area contributed by atoms with Gasteiger partial charge >= 0.3 is 0 Å². The number of benzene rings is 1. The molecule has 1 amide bonds. The molecule has 0 atom stereocenters. The number of rotatable bonds is 1. The van der Waals surface area contributed by atoms with Crippen LogP contribution in [0.2, 0.25) is 0 Å². The molecule has 6 heteroatoms. The minimum atomic E-state index is -1.67. The molecule has 0 bridgehead atoms. The molecule has 14 heavy (non-hydrogen) atoms. The number of amides is 1. The first-order valence-electron chi connectivity index (χ1n) is 3.59. The third-order valence-electron chi connectivity index (χ3n) is 1.09. The summed E-state index contributed by atoms with van der Waals surface area (Å²) >= 11 is 0. The van der Waals surface area contributed by atoms with Crippen molar-refractivity contribution in [2.24, 2.45) is 0 Å². The topological polar surface area (TPSA) is 52.2 Å². The van der Waals surface area contributed by atoms with E-state index in [0.717, 1.165) is 5.69 Å². The maximum atomic E-state index is 10.5. The van der Waals surface area contributed by atoms with Gasteiger partial charge in [0.25, 0.3) is 0 Å². The Morgan fingerprint density at radius 1 is 1.36 bits per heavy atom. The average molecular weight is 254 g/mol. The summed E-state index contributed by atoms with van der Waals surface area (Å²) in [4.78, 5) is 10.5. The van der Waals surface area contributed by atoms with Crippen molar-refractivity contribution in [1.29, 1.82) is 0 Å². The van der Waals surface area contributed by atoms with E-state index in [1.165, 1.54) is 6.92 Å². The van der Waals surface area contributed by atoms with Crippen molar-refractivity contribution >= 4 is 42.6 Å². The molecule has 0 saturated carbocycles. The summed E-state index contributed by atoms with van der Waals surface area (Å²) in [7, 11) is 7.36. The number of hydrogen-bond acceptors (Lipinski definition) is 2. The maximum Gasteiger partial charge on any atom is 0.221 e. The molecule has 1 aromatic rings. The summed E-state index contributed by atoms with van der Waals surface area (Å²) in [5, 5.41) is 2.67. The summed E-state index contributed by atoms with van der Waals surface area (Å²) in [5.74, 6) is -0.0359. The van der Waals surface area contributed by atoms with Gasteiger partial charge in [-0.1, -0.05) is 18.2 Å². The fourth-order valence-corrected chi connectivity index (χ4v) is 0.725. The monoisotopic (exact) mass is 253 g/mol. The normalized spacial score (nSPS) is 8.93. The highest BCUT2D eigenvalue weighted by Gasteiger charge is 1.90. The maximum absolute atomic E-state index is 10.5. The summed E-state index contributed by atoms with van der Waals surface area (Å²) in [6.07, 6.45) is 0. The number of anilines is 1. The summed E-state index contributed by atoms with van der Waals surface area (Å²) in [5.41, 5.74) is 0.843. The molecule has 0 spiro atoms. The lowest BCUT2D eigenvalue weighted by Crippen LogP contribution is -2.04. The zero-order valence-electron chi connectivity index (χ0n) is 7.37. The van der Waals surface area contributed by atoms with Crippen molar-refractivity contribution < 1.29 is 9.35 Å². The van der Waals surface area contributed by atoms with Crippen molar-refractivity contribution in [3.8, 4) is 0 Å². The average Bonchev–Trinajstić information content (AvgIpc) is 2.03. The molecule has 78 valence electrons. The Morgan fingerprint density at radius 2 is 1.79 bits per heavy atom. The largest absolute Gasteiger partial charge is 0.582 e. The third kappa shape index (κ3) is 9.67. The molecule has 0 aromatic heterocycles. The van der Waals surface area contributed by atoms with Crippen LogP contribution in [0.5, 0.6) is 0 Å². The minimum absolute atomic E-state index is 0.0359. The second kappa shape index (κ2) is 7.94. The van der Waals surface area contributed by atoms with Crippen molar-refractivity contribution in [3.63, 3.8) is 0 Å². The van der Waals surface area contributed by atoms with Crippen LogP contribution in [0.15, 0.2) is 30.3 Å². The highest BCUT2D eigenvalue weighted by atomic mass is 36.0. The SMILES string of the molecule is CC(=O)Nc1ccccc1.[O-][S+](Cl)Cl. The number of para-hydroxylation sites is 1. The van der Waals surface area contributed by atoms with Gasteiger partial charge in [0, 0.05) is 12.6 Å². The molecular formula is C8H9Cl2NO2S. The third-order valence-corrected chi connectivity index (χ3v) is 1.09. The van der Waals surface area contributed by atoms with Crippen LogP contribution in [0, 0.1) is 0 Å². The molecule has 1 N–H and O–H groups in total. The van der Waals surface area contributed by atoms with Crippen LogP contribution in [-0.2, 0) is 14.4 Å². The fourth-order valence-electron chi connectivity index (χ4n) is 0.725. The Labute approximate surface area is 94.6 Å². The molecule has 0 fully saturated rings. The first-order chi connectivity index (χ1) is 6.52. The van der Waals surface area contributed by atoms with E-state index in [-0.39, 0.29) is 5.91 Å². The van der Waals surface area contributed by atoms with E-state index in [2.05, 4.69) is 26.7 Å². The van der Waals surface area contributed by atoms with Gasteiger partial charge in [-0.25, -0.2) is 0 Å². The predicted molar refractivity (Wildman–Crippen MR) is 60.6 cm³/mol. The van der Waals surface area contributed by atoms with Crippen LogP contribution < -0.4 is 5.32 Å². The zero-order chi connectivity index (χ0) is 11.0. The molecule has 0 aliphatic rings. The van der Waals surface area contributed by atoms with Gasteiger partial charge in [0.05, 0.1) is 0 Å². The van der Waals surface area contributed by atoms with Gasteiger partial charge in [0.1, 0.15) is 0 Å². The Kier molecular flexibility index (Phi) is 7.70. The summed E-state index contributed by atoms with van der Waals surface area (Å²) in [6.45, 7) is 1.49. The van der Waals surface area contributed by atoms with E-state index < -0.39 is 9.60 Å². The Hall–Kier alpha value is -0.420. The fraction of sp³-hybridized carbons (Fsp3) is 0.125. The molecule has 0 aliphatic heterocycles. The number of hydrogen-bond donors (Lipinski definition) is 1. The van der Waals surface area contributed by atoms with Crippen LogP contribution in [-0.4, -0.2) is 10.5 Å². The molecule has 0 heterocycles. The standard InChI is InChI=1S/C8H9NO.Cl2OS/c1-7(10)9-8-5-3-2-4-6-8;1-4(2)3/h2-6H,1H3,(H,9,10);. The number of nitrogens with one attached hydrogen (secondary N) is 1. The molecule has 0 unspecified atom stereocenters. The highest BCUT2D eigenvalue weighted by Crippen LogP contribution is 2.03. The quantitative estimate of drug-likeness (QED) is 0.783. The van der Waals surface area contributed by atoms with Gasteiger partial charge in [-0.3, -0.25) is 4.79 Å². The highest BCUT2D eigenvalue weighted by molar-refractivity contribution is 8.31. The van der Waals surface area contributed by atoms with Crippen LogP contribution in [0.25, 0.3) is 0 Å². The van der Waals surface area contributed by atoms with Gasteiger partial charge < -0.3 is 9.87 Å². The predicted octanol–water partition coefficient (Wildman–Crippen LogP) is 2.69. The lowest BCUT2D eigenvalue weighted by atomic mass is 10.3. The lowest BCUT2D eigenvalue weighted by Gasteiger charge is -1.98. The first kappa shape index (κ1) is 13.6. The van der Waals surface area contributed by atoms with Gasteiger partial charge in [-0.2, -0.15) is 0 Å². The van der Waals surface area contributed by atoms with Gasteiger partial charge in [-0.15, -0.1) is 0 Å². The van der Waals surface area contributed by atoms with Crippen molar-refractivity contribution in [3.05, 3.63) is 30.3 Å². The number of halogens is 2. The van der Waals surface area contributed by atoms with Crippen molar-refractivity contribution in [2.75, 3.05) is 5.32 Å². The number of carbonyl (C=O) groups is 1. The second-order valence-electron chi connectivity index (χ2n) is 2.23. The number of carbonyl (C=O) groups excluding carboxylic acids is 1. The van der Waals surface area contributed by atoms with Crippen LogP contribution >= 0.6 is 21.4 Å². The Morgan fingerprint density at radius 3 is 2.14 bits per heavy atom. The molecule has 0 aliphatic carbocycles. The molecule has 1 aromatic carbocycles. The van der Waals surface area contributed by atoms with Crippen LogP contribution in [0.1, 0.15) is 6.92 Å². The van der Waals surface area contributed by atoms with E-state index in [4.69, 9.17) is 4.55 Å². The minimum Gasteiger partial charge on any atom is -0.582 e. The molecular weight excluding hydrogens is 245 g/mol. The molecule has 3 nitrogen and oxygen atoms in total. The van der Waals surface area contributed by atoms with E-state index in [0.29, 0.717) is 0 Å². The summed E-state index contributed by atoms with van der Waals surface area (Å²) in [6, 6.07) is 9.37. The smallest absolute Gasteiger partial charge is 0.221 e. The van der Waals surface area contributed by atoms with E-state index in [9.17, 15) is 4.79 Å². The molecule has 0 saturated heterocycles. The molecule has 0 radical (unpaired) electrons. The van der Waals surface area contributed by atoms with E-state index in [1.54, 1.807) is 0 Å². The van der Waals surface area contributed by atoms with E-state index in [1.807, 2.05) is 30.3 Å². The molecule has 1 rings (SSSR count). The van der Waals surface area contributed by atoms with E-state index >= 15 is 0 Å². The van der Waals surface area contributed by atoms with Gasteiger partial charge in [0.2, 0.25) is 5.91 Å². The van der Waals surface area contributed by atoms with Crippen LogP contribution in [0.3, 0.4) is 0 Å². The van der Waals surface area contributed by atoms with Gasteiger partial charge in [-0.05, 0) is 12.1 Å². The zero-order valence-corrected chi connectivity index (χ0v) is 9.70. The summed E-state index contributed by atoms with van der Waals surface area (Å²) < 4.78 is 9.09. The Balaban J connectivity index is 0.000000364. The lowest BCUT2D eigenvalue weighted by molar-refractivity contribution is -0.114. The second-order valence-corrected chi connectivity index (χ2v) is 4.76. The van der Waals surface area contributed by atoms with Crippen molar-refractivity contribution in [1.82, 2.24) is 0 Å². The Bertz CT molecular complexity index is 267. The van der Waals surface area contributed by atoms with Crippen LogP contribution in [0.4, 0.5) is 5.69 Å². The van der Waals surface area contributed by atoms with Crippen molar-refractivity contribution in [2.45, 2.75) is 6.92 Å². The first-order valence-corrected chi connectivity index (χ1v) is 6.39. The van der Waals surface area contributed by atoms with Gasteiger partial charge in [0.15, 0.2) is 31.0 Å².